The molecule has 1 aromatic rings. The lowest BCUT2D eigenvalue weighted by atomic mass is 10.2. The van der Waals surface area contributed by atoms with Crippen LogP contribution in [-0.2, 0) is 28.0 Å². The Labute approximate surface area is 136 Å². The van der Waals surface area contributed by atoms with Crippen molar-refractivity contribution in [2.75, 3.05) is 19.8 Å². The van der Waals surface area contributed by atoms with Crippen LogP contribution in [0.3, 0.4) is 0 Å². The minimum absolute atomic E-state index is 0.0730. The maximum Gasteiger partial charge on any atom is 0.417 e. The highest BCUT2D eigenvalue weighted by molar-refractivity contribution is 7.64. The van der Waals surface area contributed by atoms with Gasteiger partial charge in [-0.1, -0.05) is 4.57 Å². The monoisotopic (exact) mass is 364 g/mol. The fourth-order valence-electron chi connectivity index (χ4n) is 2.04. The molecule has 0 radical (unpaired) electrons. The number of nitrogens with zero attached hydrogens (tertiary/aromatic N) is 1. The summed E-state index contributed by atoms with van der Waals surface area (Å²) in [6.45, 7) is 5.17. The highest BCUT2D eigenvalue weighted by Gasteiger charge is 2.62. The van der Waals surface area contributed by atoms with Crippen molar-refractivity contribution < 1.29 is 27.8 Å². The quantitative estimate of drug-likeness (QED) is 0.350. The number of non-ortho nitro benzene ring substituents is 1. The van der Waals surface area contributed by atoms with E-state index in [1.54, 1.807) is 20.8 Å². The van der Waals surface area contributed by atoms with E-state index in [-0.39, 0.29) is 31.1 Å². The lowest BCUT2D eigenvalue weighted by molar-refractivity contribution is -0.384. The van der Waals surface area contributed by atoms with Gasteiger partial charge in [-0.25, -0.2) is 0 Å². The van der Waals surface area contributed by atoms with Crippen molar-refractivity contribution in [1.29, 1.82) is 0 Å². The molecule has 0 saturated carbocycles. The predicted octanol–water partition coefficient (Wildman–Crippen LogP) is 4.03. The van der Waals surface area contributed by atoms with Crippen LogP contribution >= 0.6 is 16.1 Å². The van der Waals surface area contributed by atoms with Crippen molar-refractivity contribution in [2.24, 2.45) is 0 Å². The van der Waals surface area contributed by atoms with Crippen molar-refractivity contribution in [3.05, 3.63) is 39.9 Å². The van der Waals surface area contributed by atoms with Crippen LogP contribution in [0.5, 0.6) is 0 Å². The van der Waals surface area contributed by atoms with Crippen molar-refractivity contribution in [3.63, 3.8) is 0 Å². The van der Waals surface area contributed by atoms with Crippen LogP contribution in [0.25, 0.3) is 0 Å². The fourth-order valence-corrected chi connectivity index (χ4v) is 5.23. The Bertz CT molecular complexity index is 582. The molecule has 1 rings (SSSR count). The minimum atomic E-state index is -3.93. The average molecular weight is 364 g/mol. The Morgan fingerprint density at radius 2 is 1.65 bits per heavy atom. The van der Waals surface area contributed by atoms with Gasteiger partial charge in [0.1, 0.15) is 0 Å². The standard InChI is InChI=1S/C13H19NO7P2/c1-4-19-13(22-17,23(18,20-5-2)21-6-3)11-7-9-12(10-8-11)14(15)16/h7-10H,4-6H2,1-3H3/p+1. The zero-order chi connectivity index (χ0) is 17.5. The highest BCUT2D eigenvalue weighted by atomic mass is 31.2. The van der Waals surface area contributed by atoms with E-state index in [2.05, 4.69) is 0 Å². The van der Waals surface area contributed by atoms with Gasteiger partial charge in [-0.3, -0.25) is 14.7 Å². The van der Waals surface area contributed by atoms with Gasteiger partial charge in [0.15, 0.2) is 0 Å². The molecular weight excluding hydrogens is 344 g/mol. The van der Waals surface area contributed by atoms with Crippen LogP contribution in [0.2, 0.25) is 0 Å². The van der Waals surface area contributed by atoms with Crippen LogP contribution in [-0.4, -0.2) is 24.7 Å². The first kappa shape index (κ1) is 19.9. The Morgan fingerprint density at radius 3 is 2.00 bits per heavy atom. The average Bonchev–Trinajstić information content (AvgIpc) is 2.53. The van der Waals surface area contributed by atoms with E-state index in [9.17, 15) is 19.2 Å². The van der Waals surface area contributed by atoms with Crippen molar-refractivity contribution >= 4 is 21.7 Å². The molecule has 0 fully saturated rings. The number of rotatable bonds is 10. The van der Waals surface area contributed by atoms with Gasteiger partial charge in [-0.2, -0.15) is 0 Å². The third kappa shape index (κ3) is 4.03. The second-order valence-electron chi connectivity index (χ2n) is 4.32. The number of ether oxygens (including phenoxy) is 1. The molecule has 0 N–H and O–H groups in total. The molecule has 128 valence electrons. The normalized spacial score (nSPS) is 14.6. The first-order valence-corrected chi connectivity index (χ1v) is 9.53. The molecular formula is C13H20NO7P2+. The van der Waals surface area contributed by atoms with Gasteiger partial charge in [-0.05, 0) is 32.9 Å². The van der Waals surface area contributed by atoms with E-state index in [0.29, 0.717) is 0 Å². The first-order valence-electron chi connectivity index (χ1n) is 7.08. The molecule has 0 spiro atoms. The van der Waals surface area contributed by atoms with E-state index >= 15 is 0 Å². The minimum Gasteiger partial charge on any atom is -0.320 e. The molecule has 0 aliphatic carbocycles. The van der Waals surface area contributed by atoms with Gasteiger partial charge in [0.05, 0.1) is 24.7 Å². The molecule has 2 unspecified atom stereocenters. The number of benzene rings is 1. The maximum absolute atomic E-state index is 13.2. The summed E-state index contributed by atoms with van der Waals surface area (Å²) >= 11 is 0. The van der Waals surface area contributed by atoms with Gasteiger partial charge in [-0.15, -0.1) is 0 Å². The van der Waals surface area contributed by atoms with Crippen molar-refractivity contribution in [2.45, 2.75) is 25.9 Å². The topological polar surface area (TPSA) is 105 Å². The summed E-state index contributed by atoms with van der Waals surface area (Å²) < 4.78 is 41.3. The molecule has 0 aliphatic rings. The molecule has 1 aromatic carbocycles. The Hall–Kier alpha value is -1.17. The maximum atomic E-state index is 13.2. The Balaban J connectivity index is 3.48. The molecule has 8 nitrogen and oxygen atoms in total. The second-order valence-corrected chi connectivity index (χ2v) is 7.79. The summed E-state index contributed by atoms with van der Waals surface area (Å²) in [5.74, 6) is 0. The smallest absolute Gasteiger partial charge is 0.320 e. The van der Waals surface area contributed by atoms with E-state index in [1.165, 1.54) is 24.3 Å². The van der Waals surface area contributed by atoms with Crippen LogP contribution < -0.4 is 0 Å². The Morgan fingerprint density at radius 1 is 1.13 bits per heavy atom. The summed E-state index contributed by atoms with van der Waals surface area (Å²) in [7, 11) is -5.12. The third-order valence-electron chi connectivity index (χ3n) is 2.94. The molecule has 23 heavy (non-hydrogen) atoms. The second kappa shape index (κ2) is 8.62. The van der Waals surface area contributed by atoms with Crippen molar-refractivity contribution in [3.8, 4) is 0 Å². The molecule has 0 aliphatic heterocycles. The van der Waals surface area contributed by atoms with Crippen LogP contribution in [0, 0.1) is 10.1 Å². The van der Waals surface area contributed by atoms with Gasteiger partial charge >= 0.3 is 21.1 Å². The molecule has 0 amide bonds. The Kier molecular flexibility index (Phi) is 7.45. The van der Waals surface area contributed by atoms with Gasteiger partial charge in [0.2, 0.25) is 0 Å². The van der Waals surface area contributed by atoms with Crippen molar-refractivity contribution in [1.82, 2.24) is 0 Å². The van der Waals surface area contributed by atoms with E-state index in [1.807, 2.05) is 0 Å². The summed E-state index contributed by atoms with van der Waals surface area (Å²) in [4.78, 5) is 10.2. The number of hydrogen-bond donors (Lipinski definition) is 0. The first-order chi connectivity index (χ1) is 10.9. The third-order valence-corrected chi connectivity index (χ3v) is 7.10. The lowest BCUT2D eigenvalue weighted by Gasteiger charge is -2.28. The zero-order valence-corrected chi connectivity index (χ0v) is 15.1. The number of hydrogen-bond acceptors (Lipinski definition) is 7. The van der Waals surface area contributed by atoms with Crippen LogP contribution in [0.4, 0.5) is 5.69 Å². The molecule has 0 heterocycles. The molecule has 2 atom stereocenters. The predicted molar refractivity (Wildman–Crippen MR) is 86.3 cm³/mol. The fraction of sp³-hybridized carbons (Fsp3) is 0.538. The van der Waals surface area contributed by atoms with Gasteiger partial charge < -0.3 is 13.8 Å². The van der Waals surface area contributed by atoms with Crippen LogP contribution in [0.15, 0.2) is 24.3 Å². The highest BCUT2D eigenvalue weighted by Crippen LogP contribution is 2.70. The summed E-state index contributed by atoms with van der Waals surface area (Å²) in [6.07, 6.45) is 0. The number of nitro groups is 1. The van der Waals surface area contributed by atoms with Crippen LogP contribution in [0.1, 0.15) is 26.3 Å². The molecule has 0 bridgehead atoms. The van der Waals surface area contributed by atoms with Gasteiger partial charge in [0.25, 0.3) is 5.69 Å². The van der Waals surface area contributed by atoms with E-state index < -0.39 is 26.1 Å². The van der Waals surface area contributed by atoms with E-state index in [4.69, 9.17) is 13.8 Å². The van der Waals surface area contributed by atoms with Gasteiger partial charge in [0, 0.05) is 17.7 Å². The summed E-state index contributed by atoms with van der Waals surface area (Å²) in [6, 6.07) is 5.16. The van der Waals surface area contributed by atoms with E-state index in [0.717, 1.165) is 0 Å². The molecule has 0 aromatic heterocycles. The largest absolute Gasteiger partial charge is 0.417 e. The SMILES string of the molecule is CCOC([PH+]=O)(c1ccc([N+](=O)[O-])cc1)P(=O)(OCC)OCC. The molecule has 0 saturated heterocycles. The molecule has 10 heteroatoms. The lowest BCUT2D eigenvalue weighted by Crippen LogP contribution is -2.26. The summed E-state index contributed by atoms with van der Waals surface area (Å²) in [5, 5.41) is 8.95. The zero-order valence-electron chi connectivity index (χ0n) is 13.2. The summed E-state index contributed by atoms with van der Waals surface area (Å²) in [5.41, 5.74) is 0.0968. The number of nitro benzene ring substituents is 1.